The van der Waals surface area contributed by atoms with Gasteiger partial charge in [-0.3, -0.25) is 0 Å². The van der Waals surface area contributed by atoms with E-state index in [0.29, 0.717) is 5.69 Å². The number of ether oxygens (including phenoxy) is 2. The van der Waals surface area contributed by atoms with Crippen LogP contribution in [0.3, 0.4) is 0 Å². The maximum atomic E-state index is 14.1. The van der Waals surface area contributed by atoms with Crippen molar-refractivity contribution in [3.63, 3.8) is 0 Å². The Balaban J connectivity index is 1.59. The first kappa shape index (κ1) is 26.6. The summed E-state index contributed by atoms with van der Waals surface area (Å²) in [5.74, 6) is 4.42. The van der Waals surface area contributed by atoms with E-state index in [1.807, 2.05) is 4.90 Å². The van der Waals surface area contributed by atoms with Gasteiger partial charge in [-0.2, -0.15) is 17.5 Å². The molecule has 0 amide bonds. The molecular formula is C23H24ClF3N4O4S. The van der Waals surface area contributed by atoms with Crippen LogP contribution in [0.5, 0.6) is 0 Å². The summed E-state index contributed by atoms with van der Waals surface area (Å²) in [5.41, 5.74) is -2.06. The third-order valence-electron chi connectivity index (χ3n) is 6.03. The number of hydrogen-bond donors (Lipinski definition) is 0. The zero-order valence-corrected chi connectivity index (χ0v) is 21.3. The van der Waals surface area contributed by atoms with Crippen molar-refractivity contribution in [1.29, 1.82) is 0 Å². The average molecular weight is 545 g/mol. The molecule has 0 spiro atoms. The Hall–Kier alpha value is -2.43. The number of rotatable bonds is 4. The number of benzene rings is 1. The molecule has 0 N–H and O–H groups in total. The first-order chi connectivity index (χ1) is 16.8. The van der Waals surface area contributed by atoms with Crippen LogP contribution in [0.25, 0.3) is 0 Å². The van der Waals surface area contributed by atoms with Gasteiger partial charge in [-0.1, -0.05) is 29.7 Å². The number of nitrogens with zero attached hydrogens (tertiary/aromatic N) is 4. The van der Waals surface area contributed by atoms with Crippen molar-refractivity contribution in [2.45, 2.75) is 49.4 Å². The van der Waals surface area contributed by atoms with Gasteiger partial charge < -0.3 is 14.4 Å². The van der Waals surface area contributed by atoms with Crippen molar-refractivity contribution in [3.05, 3.63) is 47.1 Å². The van der Waals surface area contributed by atoms with E-state index in [9.17, 15) is 21.6 Å². The van der Waals surface area contributed by atoms with E-state index in [4.69, 9.17) is 21.1 Å². The van der Waals surface area contributed by atoms with E-state index in [0.717, 1.165) is 0 Å². The Bertz CT molecular complexity index is 1280. The minimum Gasteiger partial charge on any atom is -0.355 e. The van der Waals surface area contributed by atoms with E-state index in [1.54, 1.807) is 19.1 Å². The summed E-state index contributed by atoms with van der Waals surface area (Å²) in [7, 11) is -3.94. The summed E-state index contributed by atoms with van der Waals surface area (Å²) in [5, 5.41) is 7.13. The summed E-state index contributed by atoms with van der Waals surface area (Å²) >= 11 is 5.71. The number of anilines is 1. The number of aromatic nitrogens is 2. The molecule has 2 atom stereocenters. The molecule has 2 aliphatic heterocycles. The van der Waals surface area contributed by atoms with Crippen molar-refractivity contribution >= 4 is 27.3 Å². The number of halogens is 4. The second-order valence-electron chi connectivity index (χ2n) is 8.82. The lowest BCUT2D eigenvalue weighted by atomic mass is 9.93. The molecule has 1 aromatic heterocycles. The van der Waals surface area contributed by atoms with Gasteiger partial charge in [0.1, 0.15) is 6.04 Å². The Morgan fingerprint density at radius 1 is 1.11 bits per heavy atom. The van der Waals surface area contributed by atoms with Crippen LogP contribution in [0.4, 0.5) is 18.9 Å². The Morgan fingerprint density at radius 3 is 2.33 bits per heavy atom. The van der Waals surface area contributed by atoms with E-state index in [-0.39, 0.29) is 35.4 Å². The van der Waals surface area contributed by atoms with Gasteiger partial charge in [-0.05, 0) is 50.6 Å². The molecule has 0 aliphatic carbocycles. The smallest absolute Gasteiger partial charge is 0.355 e. The first-order valence-electron chi connectivity index (χ1n) is 11.0. The Labute approximate surface area is 212 Å². The maximum absolute atomic E-state index is 14.1. The molecule has 0 saturated carbocycles. The van der Waals surface area contributed by atoms with Crippen LogP contribution >= 0.6 is 11.6 Å². The molecule has 2 fully saturated rings. The fraction of sp³-hybridized carbons (Fsp3) is 0.478. The van der Waals surface area contributed by atoms with Crippen molar-refractivity contribution < 1.29 is 31.1 Å². The topological polar surface area (TPSA) is 84.9 Å². The highest BCUT2D eigenvalue weighted by Crippen LogP contribution is 2.49. The van der Waals surface area contributed by atoms with Crippen molar-refractivity contribution in [2.75, 3.05) is 31.1 Å². The SMILES string of the molecule is CC#C[C@H]1CN(S(=O)(=O)c2ccc(Cl)nn2)CCN1c1ccc(C2(C(F)(F)F)COC(C)(C)O2)cc1. The van der Waals surface area contributed by atoms with Crippen LogP contribution in [0.15, 0.2) is 41.4 Å². The quantitative estimate of drug-likeness (QED) is 0.544. The molecule has 2 aromatic rings. The van der Waals surface area contributed by atoms with Gasteiger partial charge in [0.25, 0.3) is 10.0 Å². The zero-order valence-electron chi connectivity index (χ0n) is 19.7. The van der Waals surface area contributed by atoms with Crippen LogP contribution in [-0.4, -0.2) is 67.2 Å². The summed E-state index contributed by atoms with van der Waals surface area (Å²) in [6, 6.07) is 7.91. The number of piperazine rings is 1. The van der Waals surface area contributed by atoms with E-state index >= 15 is 0 Å². The highest BCUT2D eigenvalue weighted by Gasteiger charge is 2.63. The lowest BCUT2D eigenvalue weighted by Gasteiger charge is -2.40. The van der Waals surface area contributed by atoms with Gasteiger partial charge in [0.15, 0.2) is 16.0 Å². The molecule has 1 unspecified atom stereocenters. The second-order valence-corrected chi connectivity index (χ2v) is 11.1. The fourth-order valence-electron chi connectivity index (χ4n) is 4.27. The van der Waals surface area contributed by atoms with Crippen LogP contribution in [-0.2, 0) is 25.1 Å². The van der Waals surface area contributed by atoms with Crippen molar-refractivity contribution in [2.24, 2.45) is 0 Å². The second kappa shape index (κ2) is 9.46. The van der Waals surface area contributed by atoms with Gasteiger partial charge >= 0.3 is 6.18 Å². The number of hydrogen-bond acceptors (Lipinski definition) is 7. The van der Waals surface area contributed by atoms with Gasteiger partial charge in [0.05, 0.1) is 6.61 Å². The lowest BCUT2D eigenvalue weighted by Crippen LogP contribution is -2.54. The number of alkyl halides is 3. The minimum absolute atomic E-state index is 0.0346. The lowest BCUT2D eigenvalue weighted by molar-refractivity contribution is -0.289. The van der Waals surface area contributed by atoms with Crippen LogP contribution in [0.1, 0.15) is 26.3 Å². The zero-order chi connectivity index (χ0) is 26.4. The highest BCUT2D eigenvalue weighted by molar-refractivity contribution is 7.89. The molecule has 2 saturated heterocycles. The predicted molar refractivity (Wildman–Crippen MR) is 126 cm³/mol. The van der Waals surface area contributed by atoms with Crippen LogP contribution < -0.4 is 4.90 Å². The molecule has 13 heteroatoms. The molecular weight excluding hydrogens is 521 g/mol. The van der Waals surface area contributed by atoms with Gasteiger partial charge in [0, 0.05) is 25.3 Å². The first-order valence-corrected chi connectivity index (χ1v) is 12.8. The molecule has 2 aliphatic rings. The minimum atomic E-state index is -4.69. The van der Waals surface area contributed by atoms with Crippen molar-refractivity contribution in [3.8, 4) is 11.8 Å². The summed E-state index contributed by atoms with van der Waals surface area (Å²) < 4.78 is 80.2. The van der Waals surface area contributed by atoms with Gasteiger partial charge in [-0.15, -0.1) is 16.1 Å². The summed E-state index contributed by atoms with van der Waals surface area (Å²) in [6.45, 7) is 4.26. The summed E-state index contributed by atoms with van der Waals surface area (Å²) in [4.78, 5) is 1.86. The maximum Gasteiger partial charge on any atom is 0.424 e. The van der Waals surface area contributed by atoms with Crippen LogP contribution in [0, 0.1) is 11.8 Å². The molecule has 4 rings (SSSR count). The molecule has 0 radical (unpaired) electrons. The monoisotopic (exact) mass is 544 g/mol. The third kappa shape index (κ3) is 4.90. The molecule has 8 nitrogen and oxygen atoms in total. The van der Waals surface area contributed by atoms with Gasteiger partial charge in [0.2, 0.25) is 5.60 Å². The molecule has 0 bridgehead atoms. The highest BCUT2D eigenvalue weighted by atomic mass is 35.5. The van der Waals surface area contributed by atoms with E-state index in [1.165, 1.54) is 42.4 Å². The normalized spacial score (nSPS) is 24.9. The fourth-order valence-corrected chi connectivity index (χ4v) is 5.68. The summed E-state index contributed by atoms with van der Waals surface area (Å²) in [6.07, 6.45) is -4.69. The van der Waals surface area contributed by atoms with Gasteiger partial charge in [-0.25, -0.2) is 8.42 Å². The van der Waals surface area contributed by atoms with Crippen LogP contribution in [0.2, 0.25) is 5.15 Å². The largest absolute Gasteiger partial charge is 0.424 e. The standard InChI is InChI=1S/C23H24ClF3N4O4S/c1-4-5-18-14-30(36(32,33)20-11-10-19(24)28-29-20)12-13-31(18)17-8-6-16(7-9-17)22(23(25,26)27)15-34-21(2,3)35-22/h6-11,18H,12-15H2,1-3H3/t18-,22?/m0/s1. The third-order valence-corrected chi connectivity index (χ3v) is 7.99. The Morgan fingerprint density at radius 2 is 1.81 bits per heavy atom. The molecule has 194 valence electrons. The van der Waals surface area contributed by atoms with E-state index < -0.39 is 40.2 Å². The van der Waals surface area contributed by atoms with E-state index in [2.05, 4.69) is 22.0 Å². The number of sulfonamides is 1. The average Bonchev–Trinajstić information content (AvgIpc) is 3.16. The Kier molecular flexibility index (Phi) is 7.00. The molecule has 3 heterocycles. The molecule has 1 aromatic carbocycles. The predicted octanol–water partition coefficient (Wildman–Crippen LogP) is 3.57. The molecule has 36 heavy (non-hydrogen) atoms. The van der Waals surface area contributed by atoms with Crippen molar-refractivity contribution in [1.82, 2.24) is 14.5 Å².